The lowest BCUT2D eigenvalue weighted by atomic mass is 9.85. The van der Waals surface area contributed by atoms with Gasteiger partial charge in [-0.15, -0.1) is 0 Å². The van der Waals surface area contributed by atoms with E-state index in [0.717, 1.165) is 22.3 Å². The van der Waals surface area contributed by atoms with Crippen LogP contribution in [0.3, 0.4) is 0 Å². The summed E-state index contributed by atoms with van der Waals surface area (Å²) >= 11 is 0. The van der Waals surface area contributed by atoms with Crippen LogP contribution in [0.2, 0.25) is 0 Å². The van der Waals surface area contributed by atoms with Crippen molar-refractivity contribution in [3.63, 3.8) is 0 Å². The Bertz CT molecular complexity index is 1420. The number of hydrogen-bond donors (Lipinski definition) is 0. The molecule has 5 nitrogen and oxygen atoms in total. The summed E-state index contributed by atoms with van der Waals surface area (Å²) in [5.74, 6) is 0.202. The van der Waals surface area contributed by atoms with Crippen molar-refractivity contribution in [3.8, 4) is 16.9 Å². The van der Waals surface area contributed by atoms with Gasteiger partial charge in [0.2, 0.25) is 0 Å². The van der Waals surface area contributed by atoms with Crippen molar-refractivity contribution >= 4 is 10.1 Å². The predicted molar refractivity (Wildman–Crippen MR) is 136 cm³/mol. The molecule has 3 aromatic rings. The highest BCUT2D eigenvalue weighted by Gasteiger charge is 2.49. The molecule has 0 saturated carbocycles. The molecule has 37 heavy (non-hydrogen) atoms. The zero-order valence-electron chi connectivity index (χ0n) is 20.9. The van der Waals surface area contributed by atoms with Gasteiger partial charge in [-0.25, -0.2) is 0 Å². The molecule has 0 bridgehead atoms. The van der Waals surface area contributed by atoms with E-state index in [4.69, 9.17) is 8.92 Å². The van der Waals surface area contributed by atoms with E-state index in [0.29, 0.717) is 54.3 Å². The van der Waals surface area contributed by atoms with E-state index in [1.165, 1.54) is 0 Å². The monoisotopic (exact) mass is 531 g/mol. The fourth-order valence-electron chi connectivity index (χ4n) is 4.54. The van der Waals surface area contributed by atoms with Gasteiger partial charge in [-0.2, -0.15) is 21.6 Å². The lowest BCUT2D eigenvalue weighted by Gasteiger charge is -2.35. The van der Waals surface area contributed by atoms with Crippen molar-refractivity contribution in [1.82, 2.24) is 4.90 Å². The van der Waals surface area contributed by atoms with E-state index >= 15 is 0 Å². The van der Waals surface area contributed by atoms with Gasteiger partial charge in [0, 0.05) is 18.7 Å². The van der Waals surface area contributed by atoms with E-state index in [-0.39, 0.29) is 5.75 Å². The van der Waals surface area contributed by atoms with Gasteiger partial charge in [0.05, 0.1) is 0 Å². The van der Waals surface area contributed by atoms with Gasteiger partial charge in [-0.1, -0.05) is 60.2 Å². The van der Waals surface area contributed by atoms with Gasteiger partial charge in [0.15, 0.2) is 11.6 Å². The van der Waals surface area contributed by atoms with E-state index in [1.807, 2.05) is 54.3 Å². The number of hydrogen-bond acceptors (Lipinski definition) is 5. The molecule has 0 saturated heterocycles. The topological polar surface area (TPSA) is 55.8 Å². The van der Waals surface area contributed by atoms with Crippen molar-refractivity contribution in [3.05, 3.63) is 100 Å². The second-order valence-corrected chi connectivity index (χ2v) is 10.6. The summed E-state index contributed by atoms with van der Waals surface area (Å²) in [4.78, 5) is 1.98. The number of rotatable bonds is 7. The summed E-state index contributed by atoms with van der Waals surface area (Å²) < 4.78 is 74.6. The zero-order valence-corrected chi connectivity index (χ0v) is 21.7. The number of halogens is 3. The molecule has 4 rings (SSSR count). The van der Waals surface area contributed by atoms with Crippen LogP contribution in [-0.2, 0) is 34.4 Å². The van der Waals surface area contributed by atoms with Crippen LogP contribution < -0.4 is 4.18 Å². The van der Waals surface area contributed by atoms with Gasteiger partial charge in [-0.05, 0) is 67.2 Å². The fraction of sp³-hybridized carbons (Fsp3) is 0.286. The average molecular weight is 532 g/mol. The molecule has 3 aromatic carbocycles. The van der Waals surface area contributed by atoms with E-state index < -0.39 is 15.6 Å². The van der Waals surface area contributed by atoms with E-state index in [2.05, 4.69) is 6.58 Å². The van der Waals surface area contributed by atoms with Crippen molar-refractivity contribution < 1.29 is 30.5 Å². The molecule has 196 valence electrons. The predicted octanol–water partition coefficient (Wildman–Crippen LogP) is 6.55. The van der Waals surface area contributed by atoms with E-state index in [1.54, 1.807) is 26.0 Å². The Morgan fingerprint density at radius 1 is 0.973 bits per heavy atom. The van der Waals surface area contributed by atoms with Crippen LogP contribution >= 0.6 is 0 Å². The number of aryl methyl sites for hydroxylation is 1. The largest absolute Gasteiger partial charge is 0.534 e. The molecule has 0 unspecified atom stereocenters. The Morgan fingerprint density at radius 3 is 2.24 bits per heavy atom. The summed E-state index contributed by atoms with van der Waals surface area (Å²) in [5, 5.41) is 0. The van der Waals surface area contributed by atoms with Crippen molar-refractivity contribution in [1.29, 1.82) is 0 Å². The average Bonchev–Trinajstić information content (AvgIpc) is 2.86. The quantitative estimate of drug-likeness (QED) is 0.197. The van der Waals surface area contributed by atoms with Crippen molar-refractivity contribution in [2.24, 2.45) is 0 Å². The molecule has 1 aliphatic rings. The molecule has 1 aliphatic heterocycles. The van der Waals surface area contributed by atoms with Crippen LogP contribution in [0.15, 0.2) is 67.1 Å². The van der Waals surface area contributed by atoms with Crippen molar-refractivity contribution in [2.75, 3.05) is 6.54 Å². The molecular formula is C28H28F3NO4S. The maximum Gasteiger partial charge on any atom is 0.534 e. The standard InChI is InChI=1S/C28H28F3NO4S/c1-18-10-12-23(13-11-18)26-19(2)25-16-32(21(4)35-17-22-8-6-5-7-9-22)15-14-24(25)20(3)27(26)36-37(33,34)28(29,30)31/h5-13H,4,14-17H2,1-3H3. The number of ether oxygens (including phenoxy) is 1. The summed E-state index contributed by atoms with van der Waals surface area (Å²) in [7, 11) is -5.86. The van der Waals surface area contributed by atoms with Gasteiger partial charge < -0.3 is 13.8 Å². The molecule has 0 fully saturated rings. The van der Waals surface area contributed by atoms with Gasteiger partial charge in [0.25, 0.3) is 0 Å². The van der Waals surface area contributed by atoms with E-state index in [9.17, 15) is 21.6 Å². The lowest BCUT2D eigenvalue weighted by molar-refractivity contribution is -0.0500. The summed E-state index contributed by atoms with van der Waals surface area (Å²) in [6, 6.07) is 16.8. The molecule has 0 aliphatic carbocycles. The fourth-order valence-corrected chi connectivity index (χ4v) is 5.06. The second-order valence-electron chi connectivity index (χ2n) is 9.10. The Hall–Kier alpha value is -3.46. The van der Waals surface area contributed by atoms with Gasteiger partial charge in [0.1, 0.15) is 6.61 Å². The minimum atomic E-state index is -5.86. The molecule has 0 aromatic heterocycles. The molecule has 0 N–H and O–H groups in total. The first-order valence-electron chi connectivity index (χ1n) is 11.7. The number of nitrogens with zero attached hydrogens (tertiary/aromatic N) is 1. The third kappa shape index (κ3) is 5.46. The highest BCUT2D eigenvalue weighted by Crippen LogP contribution is 2.44. The van der Waals surface area contributed by atoms with Crippen molar-refractivity contribution in [2.45, 2.75) is 45.9 Å². The maximum absolute atomic E-state index is 13.3. The molecule has 0 atom stereocenters. The normalized spacial score (nSPS) is 13.7. The first-order chi connectivity index (χ1) is 17.4. The maximum atomic E-state index is 13.3. The number of alkyl halides is 3. The SMILES string of the molecule is C=C(OCc1ccccc1)N1CCc2c(C)c(OS(=O)(=O)C(F)(F)F)c(-c3ccc(C)cc3)c(C)c2C1. The Morgan fingerprint density at radius 2 is 1.62 bits per heavy atom. The van der Waals surface area contributed by atoms with Crippen LogP contribution in [-0.4, -0.2) is 25.4 Å². The number of fused-ring (bicyclic) bond motifs is 1. The summed E-state index contributed by atoms with van der Waals surface area (Å²) in [6.45, 7) is 10.6. The first-order valence-corrected chi connectivity index (χ1v) is 13.1. The molecule has 0 spiro atoms. The molecule has 9 heteroatoms. The third-order valence-electron chi connectivity index (χ3n) is 6.61. The Kier molecular flexibility index (Phi) is 7.28. The summed E-state index contributed by atoms with van der Waals surface area (Å²) in [5.41, 5.74) is -0.00939. The minimum absolute atomic E-state index is 0.287. The smallest absolute Gasteiger partial charge is 0.475 e. The second kappa shape index (κ2) is 10.1. The van der Waals surface area contributed by atoms with Crippen LogP contribution in [0.1, 0.15) is 33.4 Å². The zero-order chi connectivity index (χ0) is 27.0. The highest BCUT2D eigenvalue weighted by atomic mass is 32.2. The number of benzene rings is 3. The van der Waals surface area contributed by atoms with Crippen LogP contribution in [0, 0.1) is 20.8 Å². The van der Waals surface area contributed by atoms with Crippen LogP contribution in [0.4, 0.5) is 13.2 Å². The highest BCUT2D eigenvalue weighted by molar-refractivity contribution is 7.88. The molecular weight excluding hydrogens is 503 g/mol. The Balaban J connectivity index is 1.74. The Labute approximate surface area is 215 Å². The lowest BCUT2D eigenvalue weighted by Crippen LogP contribution is -2.32. The molecule has 0 amide bonds. The van der Waals surface area contributed by atoms with Crippen LogP contribution in [0.25, 0.3) is 11.1 Å². The van der Waals surface area contributed by atoms with Gasteiger partial charge in [-0.3, -0.25) is 0 Å². The third-order valence-corrected chi connectivity index (χ3v) is 7.56. The molecule has 0 radical (unpaired) electrons. The first kappa shape index (κ1) is 26.6. The van der Waals surface area contributed by atoms with Crippen LogP contribution in [0.5, 0.6) is 5.75 Å². The molecule has 1 heterocycles. The van der Waals surface area contributed by atoms with Gasteiger partial charge >= 0.3 is 15.6 Å². The summed E-state index contributed by atoms with van der Waals surface area (Å²) in [6.07, 6.45) is 0.465. The minimum Gasteiger partial charge on any atom is -0.475 e.